The molecular formula is C54H39N3O. The van der Waals surface area contributed by atoms with Crippen molar-refractivity contribution < 1.29 is 4.42 Å². The number of nitrogens with zero attached hydrogens (tertiary/aromatic N) is 3. The third-order valence-electron chi connectivity index (χ3n) is 10.8. The Kier molecular flexibility index (Phi) is 9.34. The van der Waals surface area contributed by atoms with Gasteiger partial charge in [0.2, 0.25) is 0 Å². The van der Waals surface area contributed by atoms with Crippen molar-refractivity contribution in [1.82, 2.24) is 0 Å². The van der Waals surface area contributed by atoms with Crippen molar-refractivity contribution in [2.75, 3.05) is 4.90 Å². The maximum Gasteiger partial charge on any atom is 0.160 e. The highest BCUT2D eigenvalue weighted by Crippen LogP contribution is 2.44. The van der Waals surface area contributed by atoms with Crippen LogP contribution in [0.5, 0.6) is 0 Å². The van der Waals surface area contributed by atoms with E-state index in [-0.39, 0.29) is 0 Å². The minimum Gasteiger partial charge on any atom is -0.456 e. The molecule has 0 amide bonds. The lowest BCUT2D eigenvalue weighted by Gasteiger charge is -2.26. The zero-order chi connectivity index (χ0) is 38.7. The van der Waals surface area contributed by atoms with Crippen molar-refractivity contribution in [2.45, 2.75) is 12.8 Å². The first-order valence-electron chi connectivity index (χ1n) is 19.8. The van der Waals surface area contributed by atoms with Crippen molar-refractivity contribution in [2.24, 2.45) is 9.98 Å². The summed E-state index contributed by atoms with van der Waals surface area (Å²) in [7, 11) is 0. The fourth-order valence-corrected chi connectivity index (χ4v) is 7.92. The van der Waals surface area contributed by atoms with Crippen LogP contribution in [0.1, 0.15) is 29.5 Å². The van der Waals surface area contributed by atoms with Gasteiger partial charge in [-0.15, -0.1) is 0 Å². The molecule has 1 aliphatic heterocycles. The first-order chi connectivity index (χ1) is 28.7. The molecule has 0 radical (unpaired) electrons. The summed E-state index contributed by atoms with van der Waals surface area (Å²) in [5, 5.41) is 2.13. The predicted molar refractivity (Wildman–Crippen MR) is 242 cm³/mol. The molecule has 58 heavy (non-hydrogen) atoms. The van der Waals surface area contributed by atoms with Gasteiger partial charge in [-0.2, -0.15) is 0 Å². The maximum absolute atomic E-state index is 6.68. The quantitative estimate of drug-likeness (QED) is 0.155. The van der Waals surface area contributed by atoms with Gasteiger partial charge in [0.25, 0.3) is 0 Å². The zero-order valence-electron chi connectivity index (χ0n) is 31.9. The van der Waals surface area contributed by atoms with Crippen LogP contribution < -0.4 is 4.90 Å². The molecular weight excluding hydrogens is 707 g/mol. The minimum absolute atomic E-state index is 0.697. The number of allylic oxidation sites excluding steroid dienone is 1. The summed E-state index contributed by atoms with van der Waals surface area (Å²) in [5.41, 5.74) is 14.5. The lowest BCUT2D eigenvalue weighted by molar-refractivity contribution is 0.669. The van der Waals surface area contributed by atoms with Crippen LogP contribution in [0, 0.1) is 0 Å². The highest BCUT2D eigenvalue weighted by atomic mass is 16.3. The third-order valence-corrected chi connectivity index (χ3v) is 10.8. The van der Waals surface area contributed by atoms with Gasteiger partial charge in [-0.3, -0.25) is 0 Å². The highest BCUT2D eigenvalue weighted by Gasteiger charge is 2.20. The topological polar surface area (TPSA) is 41.1 Å². The van der Waals surface area contributed by atoms with Gasteiger partial charge >= 0.3 is 0 Å². The molecule has 0 unspecified atom stereocenters. The van der Waals surface area contributed by atoms with E-state index in [1.54, 1.807) is 0 Å². The van der Waals surface area contributed by atoms with E-state index in [0.29, 0.717) is 5.84 Å². The van der Waals surface area contributed by atoms with Gasteiger partial charge in [0, 0.05) is 22.3 Å². The number of hydrogen-bond donors (Lipinski definition) is 0. The number of aliphatic imine (C=N–C) groups is 2. The Morgan fingerprint density at radius 1 is 0.414 bits per heavy atom. The summed E-state index contributed by atoms with van der Waals surface area (Å²) in [6, 6.07) is 72.1. The molecule has 276 valence electrons. The second kappa shape index (κ2) is 15.5. The molecule has 2 heterocycles. The Bertz CT molecular complexity index is 2970. The predicted octanol–water partition coefficient (Wildman–Crippen LogP) is 14.5. The van der Waals surface area contributed by atoms with Crippen molar-refractivity contribution in [3.05, 3.63) is 229 Å². The Morgan fingerprint density at radius 3 is 1.72 bits per heavy atom. The number of fused-ring (bicyclic) bond motifs is 3. The number of amidine groups is 1. The molecule has 10 rings (SSSR count). The fraction of sp³-hybridized carbons (Fsp3) is 0.0370. The fourth-order valence-electron chi connectivity index (χ4n) is 7.92. The summed E-state index contributed by atoms with van der Waals surface area (Å²) in [4.78, 5) is 12.8. The largest absolute Gasteiger partial charge is 0.456 e. The second-order valence-electron chi connectivity index (χ2n) is 14.5. The lowest BCUT2D eigenvalue weighted by Crippen LogP contribution is -2.10. The van der Waals surface area contributed by atoms with E-state index in [9.17, 15) is 0 Å². The number of rotatable bonds is 8. The zero-order valence-corrected chi connectivity index (χ0v) is 31.9. The number of benzene rings is 8. The molecule has 9 aromatic rings. The lowest BCUT2D eigenvalue weighted by atomic mass is 9.99. The molecule has 0 aliphatic carbocycles. The van der Waals surface area contributed by atoms with Crippen molar-refractivity contribution in [3.8, 4) is 22.3 Å². The Labute approximate surface area is 338 Å². The van der Waals surface area contributed by atoms with E-state index in [0.717, 1.165) is 91.1 Å². The van der Waals surface area contributed by atoms with Crippen LogP contribution in [0.2, 0.25) is 0 Å². The first kappa shape index (κ1) is 34.9. The van der Waals surface area contributed by atoms with Gasteiger partial charge in [0.1, 0.15) is 11.2 Å². The molecule has 0 fully saturated rings. The van der Waals surface area contributed by atoms with E-state index in [4.69, 9.17) is 14.4 Å². The van der Waals surface area contributed by atoms with Gasteiger partial charge in [0.05, 0.1) is 22.5 Å². The summed E-state index contributed by atoms with van der Waals surface area (Å²) in [6.45, 7) is 0. The van der Waals surface area contributed by atoms with Crippen LogP contribution in [0.25, 0.3) is 49.9 Å². The maximum atomic E-state index is 6.68. The number of furan rings is 1. The number of anilines is 3. The number of para-hydroxylation sites is 1. The average Bonchev–Trinajstić information content (AvgIpc) is 3.67. The van der Waals surface area contributed by atoms with Gasteiger partial charge in [-0.25, -0.2) is 9.98 Å². The third kappa shape index (κ3) is 6.93. The standard InChI is InChI=1S/C54H39N3O/c1-5-16-38(17-6-1)39-30-33-46(34-31-39)57(45-24-11-4-12-25-45)50-28-15-29-51-53(50)47-35-32-43(37-52(47)58-51)42-22-13-23-44(36-42)54-55-48(40-18-7-2-8-19-40)26-14-27-49(56-54)41-20-9-3-10-21-41/h1-13,15-26,28-37H,14,27H2. The highest BCUT2D eigenvalue weighted by molar-refractivity contribution is 6.15. The SMILES string of the molecule is C1=C(c2ccccc2)N=C(c2cccc(-c3ccc4c(c3)oc3cccc(N(c5ccccc5)c5ccc(-c6ccccc6)cc5)c34)c2)N=C(c2ccccc2)CC1. The Morgan fingerprint density at radius 2 is 0.983 bits per heavy atom. The van der Waals surface area contributed by atoms with Gasteiger partial charge < -0.3 is 9.32 Å². The average molecular weight is 746 g/mol. The molecule has 4 nitrogen and oxygen atoms in total. The molecule has 1 aromatic heterocycles. The minimum atomic E-state index is 0.697. The van der Waals surface area contributed by atoms with Crippen LogP contribution in [-0.4, -0.2) is 11.5 Å². The molecule has 1 aliphatic rings. The van der Waals surface area contributed by atoms with Gasteiger partial charge in [-0.05, 0) is 101 Å². The van der Waals surface area contributed by atoms with E-state index in [1.807, 2.05) is 12.1 Å². The van der Waals surface area contributed by atoms with Crippen molar-refractivity contribution in [3.63, 3.8) is 0 Å². The molecule has 0 saturated carbocycles. The van der Waals surface area contributed by atoms with Crippen molar-refractivity contribution >= 4 is 56.2 Å². The van der Waals surface area contributed by atoms with E-state index in [2.05, 4.69) is 205 Å². The number of hydrogen-bond acceptors (Lipinski definition) is 4. The normalized spacial score (nSPS) is 13.0. The Balaban J connectivity index is 1.05. The first-order valence-corrected chi connectivity index (χ1v) is 19.8. The van der Waals surface area contributed by atoms with Gasteiger partial charge in [0.15, 0.2) is 5.84 Å². The molecule has 0 bridgehead atoms. The van der Waals surface area contributed by atoms with Crippen LogP contribution in [-0.2, 0) is 0 Å². The van der Waals surface area contributed by atoms with Gasteiger partial charge in [-0.1, -0.05) is 158 Å². The molecule has 4 heteroatoms. The molecule has 0 spiro atoms. The van der Waals surface area contributed by atoms with Crippen LogP contribution in [0.3, 0.4) is 0 Å². The van der Waals surface area contributed by atoms with Crippen molar-refractivity contribution in [1.29, 1.82) is 0 Å². The van der Waals surface area contributed by atoms with E-state index < -0.39 is 0 Å². The summed E-state index contributed by atoms with van der Waals surface area (Å²) >= 11 is 0. The van der Waals surface area contributed by atoms with E-state index >= 15 is 0 Å². The second-order valence-corrected chi connectivity index (χ2v) is 14.5. The molecule has 8 aromatic carbocycles. The summed E-state index contributed by atoms with van der Waals surface area (Å²) < 4.78 is 6.68. The van der Waals surface area contributed by atoms with Crippen LogP contribution in [0.15, 0.2) is 227 Å². The Hall–Kier alpha value is -7.56. The summed E-state index contributed by atoms with van der Waals surface area (Å²) in [6.07, 6.45) is 3.92. The molecule has 0 N–H and O–H groups in total. The van der Waals surface area contributed by atoms with Crippen LogP contribution >= 0.6 is 0 Å². The smallest absolute Gasteiger partial charge is 0.160 e. The molecule has 0 atom stereocenters. The van der Waals surface area contributed by atoms with E-state index in [1.165, 1.54) is 11.1 Å². The monoisotopic (exact) mass is 745 g/mol. The molecule has 0 saturated heterocycles. The summed E-state index contributed by atoms with van der Waals surface area (Å²) in [5.74, 6) is 0.697. The van der Waals surface area contributed by atoms with Crippen LogP contribution in [0.4, 0.5) is 17.1 Å².